The van der Waals surface area contributed by atoms with Gasteiger partial charge in [0.15, 0.2) is 5.78 Å². The Morgan fingerprint density at radius 1 is 1.20 bits per heavy atom. The molecule has 2 aromatic rings. The number of hydrogen-bond donors (Lipinski definition) is 0. The largest absolute Gasteiger partial charge is 0.491 e. The van der Waals surface area contributed by atoms with E-state index >= 15 is 0 Å². The van der Waals surface area contributed by atoms with E-state index in [9.17, 15) is 9.59 Å². The minimum absolute atomic E-state index is 0.111. The van der Waals surface area contributed by atoms with Crippen LogP contribution in [0.15, 0.2) is 16.5 Å². The smallest absolute Gasteiger partial charge is 0.374 e. The summed E-state index contributed by atoms with van der Waals surface area (Å²) in [7, 11) is 1.29. The molecule has 1 aromatic heterocycles. The maximum absolute atomic E-state index is 12.2. The molecule has 1 aromatic carbocycles. The number of hydrogen-bond acceptors (Lipinski definition) is 6. The Balaban J connectivity index is 2.40. The number of aryl methyl sites for hydroxylation is 1. The van der Waals surface area contributed by atoms with Crippen LogP contribution in [-0.2, 0) is 4.74 Å². The maximum atomic E-state index is 12.2. The third kappa shape index (κ3) is 3.85. The van der Waals surface area contributed by atoms with Crippen molar-refractivity contribution in [2.24, 2.45) is 0 Å². The first-order valence-corrected chi connectivity index (χ1v) is 8.45. The van der Waals surface area contributed by atoms with E-state index < -0.39 is 5.97 Å². The van der Waals surface area contributed by atoms with E-state index in [2.05, 4.69) is 18.7 Å². The lowest BCUT2D eigenvalue weighted by atomic mass is 10.0. The van der Waals surface area contributed by atoms with Crippen molar-refractivity contribution in [1.82, 2.24) is 4.90 Å². The van der Waals surface area contributed by atoms with Crippen molar-refractivity contribution < 1.29 is 23.5 Å². The van der Waals surface area contributed by atoms with Gasteiger partial charge >= 0.3 is 5.97 Å². The highest BCUT2D eigenvalue weighted by Crippen LogP contribution is 2.34. The quantitative estimate of drug-likeness (QED) is 0.538. The predicted molar refractivity (Wildman–Crippen MR) is 95.6 cm³/mol. The minimum atomic E-state index is -0.563. The van der Waals surface area contributed by atoms with Crippen molar-refractivity contribution in [2.45, 2.75) is 27.7 Å². The molecule has 0 atom stereocenters. The molecule has 0 radical (unpaired) electrons. The summed E-state index contributed by atoms with van der Waals surface area (Å²) in [6.45, 7) is 10.5. The highest BCUT2D eigenvalue weighted by molar-refractivity contribution is 6.09. The first-order valence-electron chi connectivity index (χ1n) is 8.45. The molecule has 0 bridgehead atoms. The molecule has 0 spiro atoms. The number of benzene rings is 1. The van der Waals surface area contributed by atoms with E-state index in [1.807, 2.05) is 0 Å². The highest BCUT2D eigenvalue weighted by atomic mass is 16.5. The fourth-order valence-electron chi connectivity index (χ4n) is 2.83. The Hall–Kier alpha value is -2.34. The molecule has 0 N–H and O–H groups in total. The van der Waals surface area contributed by atoms with Crippen molar-refractivity contribution in [3.8, 4) is 5.75 Å². The first-order chi connectivity index (χ1) is 11.9. The number of likely N-dealkylation sites (N-methyl/N-ethyl adjacent to an activating group) is 1. The van der Waals surface area contributed by atoms with Crippen LogP contribution in [0.25, 0.3) is 11.0 Å². The van der Waals surface area contributed by atoms with Gasteiger partial charge in [0, 0.05) is 17.5 Å². The van der Waals surface area contributed by atoms with Gasteiger partial charge in [-0.05, 0) is 39.1 Å². The van der Waals surface area contributed by atoms with Gasteiger partial charge in [0.05, 0.1) is 7.11 Å². The van der Waals surface area contributed by atoms with Crippen LogP contribution in [-0.4, -0.2) is 50.0 Å². The number of fused-ring (bicyclic) bond motifs is 1. The summed E-state index contributed by atoms with van der Waals surface area (Å²) in [5.74, 6) is -0.154. The second kappa shape index (κ2) is 8.16. The van der Waals surface area contributed by atoms with E-state index in [4.69, 9.17) is 13.9 Å². The van der Waals surface area contributed by atoms with Gasteiger partial charge in [-0.2, -0.15) is 0 Å². The van der Waals surface area contributed by atoms with Gasteiger partial charge in [-0.1, -0.05) is 13.8 Å². The summed E-state index contributed by atoms with van der Waals surface area (Å²) < 4.78 is 16.2. The molecule has 136 valence electrons. The van der Waals surface area contributed by atoms with Gasteiger partial charge in [-0.3, -0.25) is 4.79 Å². The van der Waals surface area contributed by atoms with Gasteiger partial charge < -0.3 is 18.8 Å². The molecule has 6 nitrogen and oxygen atoms in total. The van der Waals surface area contributed by atoms with Crippen LogP contribution in [0, 0.1) is 6.92 Å². The summed E-state index contributed by atoms with van der Waals surface area (Å²) in [5, 5.41) is 0.710. The standard InChI is InChI=1S/C19H25NO5/c1-6-20(7-2)10-11-24-15-9-8-14-12(3)17(19(22)23-5)25-18(14)16(15)13(4)21/h8-9H,6-7,10-11H2,1-5H3. The maximum Gasteiger partial charge on any atom is 0.374 e. The lowest BCUT2D eigenvalue weighted by Gasteiger charge is -2.18. The predicted octanol–water partition coefficient (Wildman–Crippen LogP) is 3.45. The number of carbonyl (C=O) groups is 2. The molecular formula is C19H25NO5. The average Bonchev–Trinajstić information content (AvgIpc) is 2.94. The minimum Gasteiger partial charge on any atom is -0.491 e. The van der Waals surface area contributed by atoms with E-state index in [0.717, 1.165) is 19.6 Å². The number of furan rings is 1. The second-order valence-electron chi connectivity index (χ2n) is 5.79. The number of rotatable bonds is 8. The topological polar surface area (TPSA) is 69.0 Å². The Morgan fingerprint density at radius 2 is 1.88 bits per heavy atom. The molecule has 0 aliphatic rings. The Kier molecular flexibility index (Phi) is 6.20. The highest BCUT2D eigenvalue weighted by Gasteiger charge is 2.24. The van der Waals surface area contributed by atoms with Crippen LogP contribution in [0.3, 0.4) is 0 Å². The first kappa shape index (κ1) is 19.0. The lowest BCUT2D eigenvalue weighted by molar-refractivity contribution is 0.0566. The monoisotopic (exact) mass is 347 g/mol. The summed E-state index contributed by atoms with van der Waals surface area (Å²) in [4.78, 5) is 26.3. The van der Waals surface area contributed by atoms with Crippen LogP contribution >= 0.6 is 0 Å². The molecule has 0 unspecified atom stereocenters. The molecule has 6 heteroatoms. The summed E-state index contributed by atoms with van der Waals surface area (Å²) >= 11 is 0. The van der Waals surface area contributed by atoms with Crippen LogP contribution in [0.4, 0.5) is 0 Å². The molecule has 0 saturated heterocycles. The Labute approximate surface area is 147 Å². The van der Waals surface area contributed by atoms with Crippen molar-refractivity contribution in [3.63, 3.8) is 0 Å². The summed E-state index contributed by atoms with van der Waals surface area (Å²) in [5.41, 5.74) is 1.38. The van der Waals surface area contributed by atoms with Gasteiger partial charge in [0.25, 0.3) is 0 Å². The number of methoxy groups -OCH3 is 1. The number of nitrogens with zero attached hydrogens (tertiary/aromatic N) is 1. The third-order valence-corrected chi connectivity index (χ3v) is 4.35. The third-order valence-electron chi connectivity index (χ3n) is 4.35. The fraction of sp³-hybridized carbons (Fsp3) is 0.474. The zero-order valence-electron chi connectivity index (χ0n) is 15.5. The SMILES string of the molecule is CCN(CC)CCOc1ccc2c(C)c(C(=O)OC)oc2c1C(C)=O. The molecule has 0 aliphatic carbocycles. The van der Waals surface area contributed by atoms with Gasteiger partial charge in [0.2, 0.25) is 5.76 Å². The average molecular weight is 347 g/mol. The van der Waals surface area contributed by atoms with Crippen LogP contribution in [0.2, 0.25) is 0 Å². The summed E-state index contributed by atoms with van der Waals surface area (Å²) in [6, 6.07) is 3.56. The number of ketones is 1. The van der Waals surface area contributed by atoms with Crippen LogP contribution in [0.5, 0.6) is 5.75 Å². The van der Waals surface area contributed by atoms with Crippen LogP contribution in [0.1, 0.15) is 47.2 Å². The molecule has 0 amide bonds. The van der Waals surface area contributed by atoms with Gasteiger partial charge in [-0.25, -0.2) is 4.79 Å². The Morgan fingerprint density at radius 3 is 2.44 bits per heavy atom. The van der Waals surface area contributed by atoms with E-state index in [-0.39, 0.29) is 11.5 Å². The Bertz CT molecular complexity index is 774. The molecule has 0 saturated carbocycles. The van der Waals surface area contributed by atoms with Gasteiger partial charge in [0.1, 0.15) is 23.5 Å². The van der Waals surface area contributed by atoms with E-state index in [0.29, 0.717) is 34.5 Å². The van der Waals surface area contributed by atoms with Gasteiger partial charge in [-0.15, -0.1) is 0 Å². The molecule has 0 aliphatic heterocycles. The molecule has 1 heterocycles. The number of carbonyl (C=O) groups excluding carboxylic acids is 2. The molecule has 25 heavy (non-hydrogen) atoms. The van der Waals surface area contributed by atoms with Crippen LogP contribution < -0.4 is 4.74 Å². The van der Waals surface area contributed by atoms with E-state index in [1.54, 1.807) is 19.1 Å². The second-order valence-corrected chi connectivity index (χ2v) is 5.79. The van der Waals surface area contributed by atoms with Crippen molar-refractivity contribution in [2.75, 3.05) is 33.4 Å². The van der Waals surface area contributed by atoms with E-state index in [1.165, 1.54) is 14.0 Å². The number of Topliss-reactive ketones (excluding diaryl/α,β-unsaturated/α-hetero) is 1. The lowest BCUT2D eigenvalue weighted by Crippen LogP contribution is -2.28. The van der Waals surface area contributed by atoms with Crippen molar-refractivity contribution >= 4 is 22.7 Å². The number of esters is 1. The zero-order valence-corrected chi connectivity index (χ0v) is 15.5. The summed E-state index contributed by atoms with van der Waals surface area (Å²) in [6.07, 6.45) is 0. The zero-order chi connectivity index (χ0) is 18.6. The van der Waals surface area contributed by atoms with Crippen molar-refractivity contribution in [1.29, 1.82) is 0 Å². The molecule has 2 rings (SSSR count). The van der Waals surface area contributed by atoms with Crippen molar-refractivity contribution in [3.05, 3.63) is 29.0 Å². The molecule has 0 fully saturated rings. The number of ether oxygens (including phenoxy) is 2. The molecular weight excluding hydrogens is 322 g/mol. The normalized spacial score (nSPS) is 11.1. The fourth-order valence-corrected chi connectivity index (χ4v) is 2.83.